The molecule has 0 aromatic heterocycles. The molecule has 0 saturated heterocycles. The zero-order valence-corrected chi connectivity index (χ0v) is 17.5. The van der Waals surface area contributed by atoms with Crippen LogP contribution in [0.25, 0.3) is 0 Å². The van der Waals surface area contributed by atoms with E-state index in [1.165, 1.54) is 9.80 Å². The molecular formula is C26H22N2O4. The van der Waals surface area contributed by atoms with Gasteiger partial charge < -0.3 is 0 Å². The average Bonchev–Trinajstić information content (AvgIpc) is 3.20. The number of amides is 4. The molecular weight excluding hydrogens is 404 g/mol. The minimum absolute atomic E-state index is 0.229. The molecule has 0 spiro atoms. The highest BCUT2D eigenvalue weighted by Gasteiger charge is 2.35. The normalized spacial score (nSPS) is 14.8. The lowest BCUT2D eigenvalue weighted by molar-refractivity contribution is 0.0637. The SMILES string of the molecule is O=C1c2ccccc2C(=O)N1CCCC#C/C=C\CCCN1C(=O)c2ccccc2C1=O. The molecule has 0 fully saturated rings. The van der Waals surface area contributed by atoms with Gasteiger partial charge in [0.05, 0.1) is 22.3 Å². The van der Waals surface area contributed by atoms with Gasteiger partial charge in [0.25, 0.3) is 23.6 Å². The van der Waals surface area contributed by atoms with Crippen LogP contribution in [0.1, 0.15) is 67.1 Å². The Morgan fingerprint density at radius 3 is 1.56 bits per heavy atom. The van der Waals surface area contributed by atoms with E-state index in [4.69, 9.17) is 0 Å². The van der Waals surface area contributed by atoms with Crippen LogP contribution in [0.3, 0.4) is 0 Å². The molecule has 2 aliphatic rings. The summed E-state index contributed by atoms with van der Waals surface area (Å²) in [6.07, 6.45) is 6.24. The summed E-state index contributed by atoms with van der Waals surface area (Å²) in [7, 11) is 0. The number of fused-ring (bicyclic) bond motifs is 2. The summed E-state index contributed by atoms with van der Waals surface area (Å²) >= 11 is 0. The Bertz CT molecular complexity index is 1120. The summed E-state index contributed by atoms with van der Waals surface area (Å²) in [4.78, 5) is 51.7. The van der Waals surface area contributed by atoms with E-state index in [9.17, 15) is 19.2 Å². The first-order chi connectivity index (χ1) is 15.6. The second-order valence-corrected chi connectivity index (χ2v) is 7.58. The van der Waals surface area contributed by atoms with Crippen molar-refractivity contribution in [1.29, 1.82) is 0 Å². The van der Waals surface area contributed by atoms with Crippen LogP contribution in [0.4, 0.5) is 0 Å². The average molecular weight is 426 g/mol. The van der Waals surface area contributed by atoms with Crippen molar-refractivity contribution in [3.63, 3.8) is 0 Å². The van der Waals surface area contributed by atoms with Crippen LogP contribution >= 0.6 is 0 Å². The standard InChI is InChI=1S/C26H22N2O4/c29-23-19-13-7-8-14-20(19)24(30)27(23)17-11-5-3-1-2-4-6-12-18-28-25(31)21-15-9-10-16-22(21)26(28)32/h1,3,7-10,13-16H,5-6,11-12,17-18H2/b3-1-. The molecule has 2 aromatic rings. The van der Waals surface area contributed by atoms with E-state index >= 15 is 0 Å². The lowest BCUT2D eigenvalue weighted by atomic mass is 10.1. The first kappa shape index (κ1) is 21.3. The molecule has 0 N–H and O–H groups in total. The fraction of sp³-hybridized carbons (Fsp3) is 0.231. The maximum atomic E-state index is 12.3. The Balaban J connectivity index is 1.15. The summed E-state index contributed by atoms with van der Waals surface area (Å²) in [5.41, 5.74) is 1.88. The summed E-state index contributed by atoms with van der Waals surface area (Å²) in [6.45, 7) is 0.732. The second-order valence-electron chi connectivity index (χ2n) is 7.58. The highest BCUT2D eigenvalue weighted by atomic mass is 16.2. The van der Waals surface area contributed by atoms with Crippen LogP contribution in [0.2, 0.25) is 0 Å². The van der Waals surface area contributed by atoms with Crippen molar-refractivity contribution in [2.75, 3.05) is 13.1 Å². The largest absolute Gasteiger partial charge is 0.274 e. The summed E-state index contributed by atoms with van der Waals surface area (Å²) < 4.78 is 0. The first-order valence-corrected chi connectivity index (χ1v) is 10.6. The predicted molar refractivity (Wildman–Crippen MR) is 119 cm³/mol. The van der Waals surface area contributed by atoms with Crippen molar-refractivity contribution >= 4 is 23.6 Å². The van der Waals surface area contributed by atoms with Crippen LogP contribution in [-0.2, 0) is 0 Å². The van der Waals surface area contributed by atoms with Crippen LogP contribution < -0.4 is 0 Å². The Morgan fingerprint density at radius 2 is 1.09 bits per heavy atom. The summed E-state index contributed by atoms with van der Waals surface area (Å²) in [5.74, 6) is 5.02. The van der Waals surface area contributed by atoms with Crippen LogP contribution in [0, 0.1) is 11.8 Å². The van der Waals surface area contributed by atoms with Crippen molar-refractivity contribution in [3.05, 3.63) is 82.9 Å². The van der Waals surface area contributed by atoms with Crippen LogP contribution in [0.5, 0.6) is 0 Å². The number of hydrogen-bond donors (Lipinski definition) is 0. The van der Waals surface area contributed by atoms with E-state index in [1.807, 2.05) is 6.08 Å². The molecule has 4 amide bonds. The summed E-state index contributed by atoms with van der Waals surface area (Å²) in [6, 6.07) is 13.7. The molecule has 0 atom stereocenters. The Labute approximate surface area is 186 Å². The third-order valence-electron chi connectivity index (χ3n) is 5.50. The first-order valence-electron chi connectivity index (χ1n) is 10.6. The number of hydrogen-bond acceptors (Lipinski definition) is 4. The number of rotatable bonds is 7. The molecule has 32 heavy (non-hydrogen) atoms. The van der Waals surface area contributed by atoms with Crippen molar-refractivity contribution in [2.45, 2.75) is 25.7 Å². The van der Waals surface area contributed by atoms with Gasteiger partial charge in [0.15, 0.2) is 0 Å². The lowest BCUT2D eigenvalue weighted by Gasteiger charge is -2.12. The van der Waals surface area contributed by atoms with Gasteiger partial charge in [-0.1, -0.05) is 42.2 Å². The molecule has 0 unspecified atom stereocenters. The molecule has 6 nitrogen and oxygen atoms in total. The highest BCUT2D eigenvalue weighted by molar-refractivity contribution is 6.22. The van der Waals surface area contributed by atoms with E-state index in [0.717, 1.165) is 0 Å². The van der Waals surface area contributed by atoms with Gasteiger partial charge in [0.2, 0.25) is 0 Å². The number of nitrogens with zero attached hydrogens (tertiary/aromatic N) is 2. The molecule has 0 saturated carbocycles. The van der Waals surface area contributed by atoms with E-state index in [0.29, 0.717) is 61.0 Å². The van der Waals surface area contributed by atoms with E-state index in [1.54, 1.807) is 54.6 Å². The molecule has 0 bridgehead atoms. The number of carbonyl (C=O) groups is 4. The number of imide groups is 2. The monoisotopic (exact) mass is 426 g/mol. The smallest absolute Gasteiger partial charge is 0.261 e. The van der Waals surface area contributed by atoms with Crippen molar-refractivity contribution in [3.8, 4) is 11.8 Å². The molecule has 160 valence electrons. The van der Waals surface area contributed by atoms with Gasteiger partial charge in [-0.25, -0.2) is 0 Å². The van der Waals surface area contributed by atoms with Crippen LogP contribution in [-0.4, -0.2) is 46.5 Å². The fourth-order valence-corrected chi connectivity index (χ4v) is 3.85. The van der Waals surface area contributed by atoms with Gasteiger partial charge in [0.1, 0.15) is 0 Å². The van der Waals surface area contributed by atoms with Crippen molar-refractivity contribution < 1.29 is 19.2 Å². The molecule has 0 radical (unpaired) electrons. The quantitative estimate of drug-likeness (QED) is 0.384. The number of unbranched alkanes of at least 4 members (excludes halogenated alkanes) is 2. The van der Waals surface area contributed by atoms with Crippen LogP contribution in [0.15, 0.2) is 60.7 Å². The Hall–Kier alpha value is -3.98. The van der Waals surface area contributed by atoms with Gasteiger partial charge in [-0.3, -0.25) is 29.0 Å². The maximum Gasteiger partial charge on any atom is 0.261 e. The fourth-order valence-electron chi connectivity index (χ4n) is 3.85. The highest BCUT2D eigenvalue weighted by Crippen LogP contribution is 2.23. The zero-order chi connectivity index (χ0) is 22.5. The minimum atomic E-state index is -0.239. The van der Waals surface area contributed by atoms with Gasteiger partial charge >= 0.3 is 0 Å². The van der Waals surface area contributed by atoms with Gasteiger partial charge in [-0.2, -0.15) is 0 Å². The molecule has 2 aliphatic heterocycles. The minimum Gasteiger partial charge on any atom is -0.274 e. The van der Waals surface area contributed by atoms with Gasteiger partial charge in [-0.05, 0) is 49.6 Å². The van der Waals surface area contributed by atoms with Crippen molar-refractivity contribution in [2.24, 2.45) is 0 Å². The molecule has 0 aliphatic carbocycles. The zero-order valence-electron chi connectivity index (χ0n) is 17.5. The molecule has 4 rings (SSSR count). The third-order valence-corrected chi connectivity index (χ3v) is 5.50. The van der Waals surface area contributed by atoms with Gasteiger partial charge in [0, 0.05) is 19.5 Å². The second kappa shape index (κ2) is 9.44. The topological polar surface area (TPSA) is 74.8 Å². The Kier molecular flexibility index (Phi) is 6.27. The van der Waals surface area contributed by atoms with E-state index in [2.05, 4.69) is 11.8 Å². The maximum absolute atomic E-state index is 12.3. The Morgan fingerprint density at radius 1 is 0.656 bits per heavy atom. The molecule has 6 heteroatoms. The van der Waals surface area contributed by atoms with E-state index in [-0.39, 0.29) is 23.6 Å². The predicted octanol–water partition coefficient (Wildman–Crippen LogP) is 3.70. The molecule has 2 aromatic carbocycles. The summed E-state index contributed by atoms with van der Waals surface area (Å²) in [5, 5.41) is 0. The number of carbonyl (C=O) groups excluding carboxylic acids is 4. The van der Waals surface area contributed by atoms with E-state index < -0.39 is 0 Å². The van der Waals surface area contributed by atoms with Crippen molar-refractivity contribution in [1.82, 2.24) is 9.80 Å². The lowest BCUT2D eigenvalue weighted by Crippen LogP contribution is -2.30. The molecule has 2 heterocycles. The third kappa shape index (κ3) is 4.10. The number of allylic oxidation sites excluding steroid dienone is 2. The number of benzene rings is 2. The van der Waals surface area contributed by atoms with Gasteiger partial charge in [-0.15, -0.1) is 0 Å².